The van der Waals surface area contributed by atoms with Crippen LogP contribution in [-0.2, 0) is 0 Å². The van der Waals surface area contributed by atoms with Crippen LogP contribution in [0.4, 0.5) is 5.13 Å². The maximum absolute atomic E-state index is 11.9. The van der Waals surface area contributed by atoms with Crippen LogP contribution in [0.1, 0.15) is 16.1 Å². The Balaban J connectivity index is 2.17. The Hall–Kier alpha value is -0.910. The molecule has 1 aromatic heterocycles. The highest BCUT2D eigenvalue weighted by molar-refractivity contribution is 9.10. The number of nitrogens with zero attached hydrogens (tertiary/aromatic N) is 1. The second-order valence-electron chi connectivity index (χ2n) is 3.38. The van der Waals surface area contributed by atoms with Crippen molar-refractivity contribution < 1.29 is 4.79 Å². The number of aryl methyl sites for hydroxylation is 1. The van der Waals surface area contributed by atoms with Crippen molar-refractivity contribution in [1.82, 2.24) is 4.98 Å². The third-order valence-corrected chi connectivity index (χ3v) is 4.11. The lowest BCUT2D eigenvalue weighted by atomic mass is 10.2. The summed E-state index contributed by atoms with van der Waals surface area (Å²) >= 11 is 10.5. The highest BCUT2D eigenvalue weighted by Gasteiger charge is 2.09. The van der Waals surface area contributed by atoms with E-state index in [9.17, 15) is 4.79 Å². The number of carbonyl (C=O) groups excluding carboxylic acids is 1. The van der Waals surface area contributed by atoms with E-state index in [1.165, 1.54) is 11.3 Å². The van der Waals surface area contributed by atoms with Crippen LogP contribution in [-0.4, -0.2) is 10.9 Å². The average molecular weight is 332 g/mol. The number of anilines is 1. The molecule has 17 heavy (non-hydrogen) atoms. The van der Waals surface area contributed by atoms with E-state index in [1.54, 1.807) is 18.2 Å². The molecule has 0 fully saturated rings. The summed E-state index contributed by atoms with van der Waals surface area (Å²) in [4.78, 5) is 16.0. The summed E-state index contributed by atoms with van der Waals surface area (Å²) in [6.07, 6.45) is 0. The van der Waals surface area contributed by atoms with Gasteiger partial charge in [-0.15, -0.1) is 11.3 Å². The van der Waals surface area contributed by atoms with Gasteiger partial charge in [-0.05, 0) is 41.1 Å². The van der Waals surface area contributed by atoms with Crippen LogP contribution in [0, 0.1) is 6.92 Å². The molecule has 0 aliphatic carbocycles. The van der Waals surface area contributed by atoms with Gasteiger partial charge in [-0.1, -0.05) is 11.6 Å². The summed E-state index contributed by atoms with van der Waals surface area (Å²) in [5, 5.41) is 5.78. The van der Waals surface area contributed by atoms with Gasteiger partial charge in [0.15, 0.2) is 5.13 Å². The van der Waals surface area contributed by atoms with E-state index in [-0.39, 0.29) is 5.91 Å². The van der Waals surface area contributed by atoms with Crippen molar-refractivity contribution in [2.45, 2.75) is 6.92 Å². The van der Waals surface area contributed by atoms with Gasteiger partial charge in [-0.25, -0.2) is 4.98 Å². The maximum Gasteiger partial charge on any atom is 0.257 e. The molecular formula is C11H8BrClN2OS. The van der Waals surface area contributed by atoms with Crippen LogP contribution in [0.2, 0.25) is 5.02 Å². The van der Waals surface area contributed by atoms with Crippen LogP contribution in [0.5, 0.6) is 0 Å². The maximum atomic E-state index is 11.9. The molecule has 88 valence electrons. The minimum absolute atomic E-state index is 0.197. The lowest BCUT2D eigenvalue weighted by Gasteiger charge is -2.03. The molecule has 2 aromatic rings. The fourth-order valence-corrected chi connectivity index (χ4v) is 2.40. The molecule has 1 heterocycles. The molecule has 1 amide bonds. The highest BCUT2D eigenvalue weighted by atomic mass is 79.9. The largest absolute Gasteiger partial charge is 0.298 e. The summed E-state index contributed by atoms with van der Waals surface area (Å²) in [6, 6.07) is 5.02. The predicted octanol–water partition coefficient (Wildman–Crippen LogP) is 4.12. The first-order valence-corrected chi connectivity index (χ1v) is 6.80. The molecule has 2 rings (SSSR count). The van der Waals surface area contributed by atoms with E-state index in [0.717, 1.165) is 5.69 Å². The molecule has 1 aromatic carbocycles. The van der Waals surface area contributed by atoms with Crippen molar-refractivity contribution in [3.8, 4) is 0 Å². The zero-order valence-corrected chi connectivity index (χ0v) is 12.0. The minimum Gasteiger partial charge on any atom is -0.298 e. The number of hydrogen-bond acceptors (Lipinski definition) is 3. The molecule has 1 N–H and O–H groups in total. The summed E-state index contributed by atoms with van der Waals surface area (Å²) in [7, 11) is 0. The van der Waals surface area contributed by atoms with Crippen molar-refractivity contribution in [1.29, 1.82) is 0 Å². The number of hydrogen-bond donors (Lipinski definition) is 1. The summed E-state index contributed by atoms with van der Waals surface area (Å²) < 4.78 is 0.696. The van der Waals surface area contributed by atoms with Crippen LogP contribution in [0.3, 0.4) is 0 Å². The van der Waals surface area contributed by atoms with Crippen LogP contribution in [0.25, 0.3) is 0 Å². The van der Waals surface area contributed by atoms with Crippen molar-refractivity contribution in [3.05, 3.63) is 44.3 Å². The number of carbonyl (C=O) groups is 1. The summed E-state index contributed by atoms with van der Waals surface area (Å²) in [5.41, 5.74) is 1.43. The molecule has 0 saturated carbocycles. The molecule has 3 nitrogen and oxygen atoms in total. The smallest absolute Gasteiger partial charge is 0.257 e. The van der Waals surface area contributed by atoms with E-state index in [4.69, 9.17) is 11.6 Å². The van der Waals surface area contributed by atoms with Gasteiger partial charge < -0.3 is 0 Å². The van der Waals surface area contributed by atoms with Crippen LogP contribution < -0.4 is 5.32 Å². The molecule has 0 aliphatic heterocycles. The molecule has 0 atom stereocenters. The normalized spacial score (nSPS) is 10.3. The van der Waals surface area contributed by atoms with Crippen molar-refractivity contribution in [2.24, 2.45) is 0 Å². The van der Waals surface area contributed by atoms with Crippen molar-refractivity contribution in [2.75, 3.05) is 5.32 Å². The first kappa shape index (κ1) is 12.5. The number of rotatable bonds is 2. The monoisotopic (exact) mass is 330 g/mol. The number of aromatic nitrogens is 1. The molecule has 0 aliphatic rings. The Kier molecular flexibility index (Phi) is 3.81. The first-order chi connectivity index (χ1) is 8.06. The number of amides is 1. The minimum atomic E-state index is -0.197. The number of nitrogens with one attached hydrogen (secondary N) is 1. The van der Waals surface area contributed by atoms with Gasteiger partial charge in [-0.3, -0.25) is 10.1 Å². The van der Waals surface area contributed by atoms with Gasteiger partial charge in [0.2, 0.25) is 0 Å². The molecule has 0 unspecified atom stereocenters. The molecule has 0 bridgehead atoms. The van der Waals surface area contributed by atoms with E-state index >= 15 is 0 Å². The van der Waals surface area contributed by atoms with Crippen molar-refractivity contribution >= 4 is 49.9 Å². The number of benzene rings is 1. The zero-order valence-electron chi connectivity index (χ0n) is 8.83. The average Bonchev–Trinajstić information content (AvgIpc) is 2.68. The van der Waals surface area contributed by atoms with E-state index in [1.807, 2.05) is 12.3 Å². The van der Waals surface area contributed by atoms with Crippen LogP contribution in [0.15, 0.2) is 28.1 Å². The van der Waals surface area contributed by atoms with Gasteiger partial charge in [0.1, 0.15) is 0 Å². The molecular weight excluding hydrogens is 324 g/mol. The topological polar surface area (TPSA) is 42.0 Å². The van der Waals surface area contributed by atoms with Gasteiger partial charge in [0, 0.05) is 15.4 Å². The quantitative estimate of drug-likeness (QED) is 0.899. The fraction of sp³-hybridized carbons (Fsp3) is 0.0909. The van der Waals surface area contributed by atoms with E-state index in [2.05, 4.69) is 26.2 Å². The Morgan fingerprint density at radius 1 is 1.53 bits per heavy atom. The first-order valence-electron chi connectivity index (χ1n) is 4.75. The lowest BCUT2D eigenvalue weighted by Crippen LogP contribution is -2.11. The summed E-state index contributed by atoms with van der Waals surface area (Å²) in [6.45, 7) is 1.88. The van der Waals surface area contributed by atoms with E-state index < -0.39 is 0 Å². The standard InChI is InChI=1S/C11H8BrClN2OS/c1-6-5-17-11(14-6)15-10(16)7-2-3-9(13)8(12)4-7/h2-5H,1H3,(H,14,15,16). The second kappa shape index (κ2) is 5.16. The third kappa shape index (κ3) is 3.06. The van der Waals surface area contributed by atoms with Gasteiger partial charge >= 0.3 is 0 Å². The third-order valence-electron chi connectivity index (χ3n) is 2.02. The second-order valence-corrected chi connectivity index (χ2v) is 5.50. The highest BCUT2D eigenvalue weighted by Crippen LogP contribution is 2.24. The Bertz CT molecular complexity index is 570. The Morgan fingerprint density at radius 3 is 2.88 bits per heavy atom. The predicted molar refractivity (Wildman–Crippen MR) is 74.0 cm³/mol. The SMILES string of the molecule is Cc1csc(NC(=O)c2ccc(Cl)c(Br)c2)n1. The Morgan fingerprint density at radius 2 is 2.29 bits per heavy atom. The van der Waals surface area contributed by atoms with Gasteiger partial charge in [0.05, 0.1) is 10.7 Å². The molecule has 6 heteroatoms. The Labute approximate surface area is 116 Å². The van der Waals surface area contributed by atoms with Crippen LogP contribution >= 0.6 is 38.9 Å². The number of halogens is 2. The number of thiazole rings is 1. The summed E-state index contributed by atoms with van der Waals surface area (Å²) in [5.74, 6) is -0.197. The van der Waals surface area contributed by atoms with Gasteiger partial charge in [-0.2, -0.15) is 0 Å². The van der Waals surface area contributed by atoms with Gasteiger partial charge in [0.25, 0.3) is 5.91 Å². The fourth-order valence-electron chi connectivity index (χ4n) is 1.22. The lowest BCUT2D eigenvalue weighted by molar-refractivity contribution is 0.102. The van der Waals surface area contributed by atoms with E-state index in [0.29, 0.717) is 20.2 Å². The van der Waals surface area contributed by atoms with Crippen molar-refractivity contribution in [3.63, 3.8) is 0 Å². The molecule has 0 spiro atoms. The molecule has 0 saturated heterocycles. The zero-order chi connectivity index (χ0) is 12.4. The molecule has 0 radical (unpaired) electrons.